The molecule has 176 valence electrons. The Kier molecular flexibility index (Phi) is 6.61. The van der Waals surface area contributed by atoms with Gasteiger partial charge in [0.15, 0.2) is 11.5 Å². The molecule has 0 saturated carbocycles. The molecule has 1 saturated heterocycles. The van der Waals surface area contributed by atoms with E-state index in [2.05, 4.69) is 15.0 Å². The van der Waals surface area contributed by atoms with Crippen LogP contribution in [0.25, 0.3) is 11.3 Å². The van der Waals surface area contributed by atoms with E-state index in [9.17, 15) is 4.79 Å². The molecule has 8 nitrogen and oxygen atoms in total. The van der Waals surface area contributed by atoms with Crippen LogP contribution in [0.2, 0.25) is 0 Å². The van der Waals surface area contributed by atoms with Crippen LogP contribution in [-0.4, -0.2) is 50.9 Å². The minimum absolute atomic E-state index is 0.00646. The molecule has 3 aromatic heterocycles. The molecule has 0 atom stereocenters. The zero-order chi connectivity index (χ0) is 24.0. The minimum Gasteiger partial charge on any atom is -0.493 e. The number of methoxy groups -OCH3 is 1. The van der Waals surface area contributed by atoms with Crippen molar-refractivity contribution in [3.63, 3.8) is 0 Å². The second-order valence-corrected chi connectivity index (χ2v) is 8.28. The lowest BCUT2D eigenvalue weighted by molar-refractivity contribution is 0.0711. The molecule has 0 unspecified atom stereocenters. The standard InChI is InChI=1S/C27H25N5O3/c1-34-24-6-2-3-7-25(24)35-26-8-4-5-23(31-26)19-11-13-32(14-12-19)27(33)20-9-10-22(30-17-20)21-15-28-18-29-16-21/h2-10,15-19H,11-14H2,1H3. The minimum atomic E-state index is -0.00646. The molecule has 0 N–H and O–H groups in total. The van der Waals surface area contributed by atoms with Crippen molar-refractivity contribution in [1.29, 1.82) is 0 Å². The first-order valence-corrected chi connectivity index (χ1v) is 11.5. The Morgan fingerprint density at radius 3 is 2.40 bits per heavy atom. The number of nitrogens with zero attached hydrogens (tertiary/aromatic N) is 5. The van der Waals surface area contributed by atoms with Gasteiger partial charge in [0.1, 0.15) is 6.33 Å². The third-order valence-electron chi connectivity index (χ3n) is 6.10. The van der Waals surface area contributed by atoms with Gasteiger partial charge in [-0.3, -0.25) is 9.78 Å². The molecule has 0 radical (unpaired) electrons. The van der Waals surface area contributed by atoms with Crippen molar-refractivity contribution in [2.45, 2.75) is 18.8 Å². The Bertz CT molecular complexity index is 1290. The first-order chi connectivity index (χ1) is 17.2. The van der Waals surface area contributed by atoms with Crippen molar-refractivity contribution < 1.29 is 14.3 Å². The van der Waals surface area contributed by atoms with Gasteiger partial charge in [-0.2, -0.15) is 0 Å². The molecule has 5 rings (SSSR count). The first kappa shape index (κ1) is 22.5. The molecular weight excluding hydrogens is 442 g/mol. The lowest BCUT2D eigenvalue weighted by Crippen LogP contribution is -2.38. The van der Waals surface area contributed by atoms with E-state index in [1.807, 2.05) is 59.5 Å². The van der Waals surface area contributed by atoms with Gasteiger partial charge in [0.05, 0.1) is 18.4 Å². The molecule has 0 aliphatic carbocycles. The van der Waals surface area contributed by atoms with Gasteiger partial charge in [-0.25, -0.2) is 15.0 Å². The summed E-state index contributed by atoms with van der Waals surface area (Å²) >= 11 is 0. The summed E-state index contributed by atoms with van der Waals surface area (Å²) in [5.74, 6) is 2.07. The number of piperidine rings is 1. The maximum Gasteiger partial charge on any atom is 0.255 e. The molecular formula is C27H25N5O3. The molecule has 1 aromatic carbocycles. The number of amides is 1. The third-order valence-corrected chi connectivity index (χ3v) is 6.10. The number of hydrogen-bond acceptors (Lipinski definition) is 7. The summed E-state index contributed by atoms with van der Waals surface area (Å²) in [5, 5.41) is 0. The summed E-state index contributed by atoms with van der Waals surface area (Å²) in [6.45, 7) is 1.33. The molecule has 1 aliphatic heterocycles. The van der Waals surface area contributed by atoms with Gasteiger partial charge in [0, 0.05) is 54.9 Å². The van der Waals surface area contributed by atoms with Crippen LogP contribution in [0.3, 0.4) is 0 Å². The van der Waals surface area contributed by atoms with Crippen LogP contribution in [0.15, 0.2) is 79.5 Å². The first-order valence-electron chi connectivity index (χ1n) is 11.5. The number of carbonyl (C=O) groups is 1. The number of pyridine rings is 2. The van der Waals surface area contributed by atoms with E-state index in [4.69, 9.17) is 14.5 Å². The van der Waals surface area contributed by atoms with E-state index in [1.165, 1.54) is 6.33 Å². The molecule has 0 bridgehead atoms. The molecule has 1 fully saturated rings. The molecule has 4 heterocycles. The van der Waals surface area contributed by atoms with E-state index >= 15 is 0 Å². The zero-order valence-electron chi connectivity index (χ0n) is 19.4. The molecule has 4 aromatic rings. The summed E-state index contributed by atoms with van der Waals surface area (Å²) in [6, 6.07) is 17.0. The highest BCUT2D eigenvalue weighted by Crippen LogP contribution is 2.32. The fraction of sp³-hybridized carbons (Fsp3) is 0.222. The van der Waals surface area contributed by atoms with Crippen LogP contribution in [-0.2, 0) is 0 Å². The lowest BCUT2D eigenvalue weighted by Gasteiger charge is -2.31. The predicted molar refractivity (Wildman–Crippen MR) is 130 cm³/mol. The molecule has 1 aliphatic rings. The maximum atomic E-state index is 13.0. The Morgan fingerprint density at radius 2 is 1.69 bits per heavy atom. The number of likely N-dealkylation sites (tertiary alicyclic amines) is 1. The number of rotatable bonds is 6. The Labute approximate surface area is 203 Å². The summed E-state index contributed by atoms with van der Waals surface area (Å²) in [7, 11) is 1.61. The number of benzene rings is 1. The molecule has 35 heavy (non-hydrogen) atoms. The van der Waals surface area contributed by atoms with Crippen molar-refractivity contribution in [2.75, 3.05) is 20.2 Å². The van der Waals surface area contributed by atoms with Crippen molar-refractivity contribution in [1.82, 2.24) is 24.8 Å². The van der Waals surface area contributed by atoms with Crippen LogP contribution in [0.5, 0.6) is 17.4 Å². The SMILES string of the molecule is COc1ccccc1Oc1cccc(C2CCN(C(=O)c3ccc(-c4cncnc4)nc3)CC2)n1. The quantitative estimate of drug-likeness (QED) is 0.404. The molecule has 8 heteroatoms. The van der Waals surface area contributed by atoms with Crippen molar-refractivity contribution >= 4 is 5.91 Å². The summed E-state index contributed by atoms with van der Waals surface area (Å²) in [6.07, 6.45) is 8.17. The van der Waals surface area contributed by atoms with Gasteiger partial charge < -0.3 is 14.4 Å². The third kappa shape index (κ3) is 5.11. The van der Waals surface area contributed by atoms with Gasteiger partial charge in [-0.05, 0) is 43.2 Å². The number of aromatic nitrogens is 4. The Hall–Kier alpha value is -4.33. The number of hydrogen-bond donors (Lipinski definition) is 0. The second-order valence-electron chi connectivity index (χ2n) is 8.28. The van der Waals surface area contributed by atoms with E-state index in [0.29, 0.717) is 36.0 Å². The normalized spacial score (nSPS) is 13.9. The van der Waals surface area contributed by atoms with Crippen LogP contribution in [0.1, 0.15) is 34.8 Å². The topological polar surface area (TPSA) is 90.3 Å². The van der Waals surface area contributed by atoms with Crippen molar-refractivity contribution in [2.24, 2.45) is 0 Å². The van der Waals surface area contributed by atoms with Gasteiger partial charge >= 0.3 is 0 Å². The zero-order valence-corrected chi connectivity index (χ0v) is 19.4. The summed E-state index contributed by atoms with van der Waals surface area (Å²) in [5.41, 5.74) is 3.11. The molecule has 0 spiro atoms. The monoisotopic (exact) mass is 467 g/mol. The van der Waals surface area contributed by atoms with E-state index in [1.54, 1.807) is 25.7 Å². The molecule has 1 amide bonds. The smallest absolute Gasteiger partial charge is 0.255 e. The van der Waals surface area contributed by atoms with E-state index in [0.717, 1.165) is 29.8 Å². The van der Waals surface area contributed by atoms with Crippen LogP contribution < -0.4 is 9.47 Å². The average Bonchev–Trinajstić information content (AvgIpc) is 2.94. The van der Waals surface area contributed by atoms with E-state index in [-0.39, 0.29) is 11.8 Å². The van der Waals surface area contributed by atoms with Gasteiger partial charge in [0.25, 0.3) is 5.91 Å². The Morgan fingerprint density at radius 1 is 0.914 bits per heavy atom. The summed E-state index contributed by atoms with van der Waals surface area (Å²) in [4.78, 5) is 32.1. The number of carbonyl (C=O) groups excluding carboxylic acids is 1. The maximum absolute atomic E-state index is 13.0. The van der Waals surface area contributed by atoms with Gasteiger partial charge in [0.2, 0.25) is 5.88 Å². The highest BCUT2D eigenvalue weighted by molar-refractivity contribution is 5.94. The largest absolute Gasteiger partial charge is 0.493 e. The lowest BCUT2D eigenvalue weighted by atomic mass is 9.92. The van der Waals surface area contributed by atoms with Crippen LogP contribution >= 0.6 is 0 Å². The van der Waals surface area contributed by atoms with Crippen LogP contribution in [0.4, 0.5) is 0 Å². The van der Waals surface area contributed by atoms with Crippen molar-refractivity contribution in [3.05, 3.63) is 90.8 Å². The van der Waals surface area contributed by atoms with Crippen molar-refractivity contribution in [3.8, 4) is 28.6 Å². The van der Waals surface area contributed by atoms with Gasteiger partial charge in [-0.15, -0.1) is 0 Å². The summed E-state index contributed by atoms with van der Waals surface area (Å²) < 4.78 is 11.3. The van der Waals surface area contributed by atoms with Gasteiger partial charge in [-0.1, -0.05) is 18.2 Å². The fourth-order valence-corrected chi connectivity index (χ4v) is 4.21. The average molecular weight is 468 g/mol. The highest BCUT2D eigenvalue weighted by atomic mass is 16.5. The fourth-order valence-electron chi connectivity index (χ4n) is 4.21. The Balaban J connectivity index is 1.21. The number of para-hydroxylation sites is 2. The van der Waals surface area contributed by atoms with Crippen LogP contribution in [0, 0.1) is 0 Å². The highest BCUT2D eigenvalue weighted by Gasteiger charge is 2.26. The van der Waals surface area contributed by atoms with E-state index < -0.39 is 0 Å². The second kappa shape index (κ2) is 10.3. The predicted octanol–water partition coefficient (Wildman–Crippen LogP) is 4.75. The number of ether oxygens (including phenoxy) is 2.